The van der Waals surface area contributed by atoms with Crippen LogP contribution in [0.3, 0.4) is 0 Å². The Balaban J connectivity index is 1.93. The van der Waals surface area contributed by atoms with Gasteiger partial charge in [-0.05, 0) is 19.3 Å². The highest BCUT2D eigenvalue weighted by atomic mass is 16.5. The van der Waals surface area contributed by atoms with Gasteiger partial charge in [0, 0.05) is 19.1 Å². The van der Waals surface area contributed by atoms with Crippen molar-refractivity contribution in [1.29, 1.82) is 0 Å². The summed E-state index contributed by atoms with van der Waals surface area (Å²) in [5.41, 5.74) is 5.31. The minimum absolute atomic E-state index is 0.275. The maximum atomic E-state index is 11.6. The van der Waals surface area contributed by atoms with E-state index in [1.165, 1.54) is 7.11 Å². The molecule has 5 nitrogen and oxygen atoms in total. The minimum atomic E-state index is -0.766. The molecule has 2 N–H and O–H groups in total. The summed E-state index contributed by atoms with van der Waals surface area (Å²) >= 11 is 0. The Morgan fingerprint density at radius 2 is 2.19 bits per heavy atom. The number of esters is 1. The molecule has 5 heteroatoms. The second-order valence-electron chi connectivity index (χ2n) is 4.69. The van der Waals surface area contributed by atoms with Crippen molar-refractivity contribution in [2.75, 3.05) is 33.4 Å². The Labute approximate surface area is 95.9 Å². The van der Waals surface area contributed by atoms with Gasteiger partial charge in [0.25, 0.3) is 0 Å². The van der Waals surface area contributed by atoms with Crippen molar-refractivity contribution in [3.05, 3.63) is 0 Å². The van der Waals surface area contributed by atoms with Crippen LogP contribution in [-0.2, 0) is 14.3 Å². The zero-order chi connectivity index (χ0) is 11.6. The number of hydrogen-bond donors (Lipinski definition) is 1. The van der Waals surface area contributed by atoms with Crippen molar-refractivity contribution >= 4 is 5.97 Å². The van der Waals surface area contributed by atoms with Crippen molar-refractivity contribution < 1.29 is 14.3 Å². The standard InChI is InChI=1S/C11H20N2O3/c1-15-10(14)11(12)3-2-9(8-11)13-4-6-16-7-5-13/h9H,2-8,12H2,1H3. The molecule has 1 aliphatic carbocycles. The Hall–Kier alpha value is -0.650. The van der Waals surface area contributed by atoms with Crippen molar-refractivity contribution in [3.63, 3.8) is 0 Å². The molecule has 1 saturated heterocycles. The smallest absolute Gasteiger partial charge is 0.325 e. The van der Waals surface area contributed by atoms with Crippen LogP contribution >= 0.6 is 0 Å². The fraction of sp³-hybridized carbons (Fsp3) is 0.909. The van der Waals surface area contributed by atoms with Gasteiger partial charge in [-0.2, -0.15) is 0 Å². The van der Waals surface area contributed by atoms with E-state index in [9.17, 15) is 4.79 Å². The summed E-state index contributed by atoms with van der Waals surface area (Å²) < 4.78 is 10.1. The second kappa shape index (κ2) is 4.69. The third-order valence-corrected chi connectivity index (χ3v) is 3.68. The molecule has 0 aromatic carbocycles. The average Bonchev–Trinajstić information content (AvgIpc) is 2.73. The molecule has 2 rings (SSSR count). The highest BCUT2D eigenvalue weighted by molar-refractivity contribution is 5.81. The number of nitrogens with two attached hydrogens (primary N) is 1. The summed E-state index contributed by atoms with van der Waals surface area (Å²) in [6, 6.07) is 0.410. The van der Waals surface area contributed by atoms with E-state index in [1.807, 2.05) is 0 Å². The molecule has 0 aromatic rings. The zero-order valence-electron chi connectivity index (χ0n) is 9.78. The number of nitrogens with zero attached hydrogens (tertiary/aromatic N) is 1. The lowest BCUT2D eigenvalue weighted by atomic mass is 9.99. The van der Waals surface area contributed by atoms with E-state index in [2.05, 4.69) is 4.90 Å². The van der Waals surface area contributed by atoms with Gasteiger partial charge in [0.1, 0.15) is 5.54 Å². The van der Waals surface area contributed by atoms with E-state index >= 15 is 0 Å². The predicted molar refractivity (Wildman–Crippen MR) is 59.0 cm³/mol. The molecule has 92 valence electrons. The Morgan fingerprint density at radius 1 is 1.50 bits per heavy atom. The quantitative estimate of drug-likeness (QED) is 0.660. The molecular weight excluding hydrogens is 208 g/mol. The van der Waals surface area contributed by atoms with Crippen LogP contribution in [-0.4, -0.2) is 55.9 Å². The van der Waals surface area contributed by atoms with E-state index in [4.69, 9.17) is 15.2 Å². The van der Waals surface area contributed by atoms with Gasteiger partial charge in [-0.25, -0.2) is 0 Å². The van der Waals surface area contributed by atoms with Gasteiger partial charge in [-0.3, -0.25) is 9.69 Å². The van der Waals surface area contributed by atoms with Crippen LogP contribution < -0.4 is 5.73 Å². The number of methoxy groups -OCH3 is 1. The SMILES string of the molecule is COC(=O)C1(N)CCC(N2CCOCC2)C1. The van der Waals surface area contributed by atoms with Crippen molar-refractivity contribution in [2.24, 2.45) is 5.73 Å². The topological polar surface area (TPSA) is 64.8 Å². The van der Waals surface area contributed by atoms with Gasteiger partial charge in [0.15, 0.2) is 0 Å². The lowest BCUT2D eigenvalue weighted by Gasteiger charge is -2.32. The number of morpholine rings is 1. The Kier molecular flexibility index (Phi) is 3.47. The molecule has 1 heterocycles. The molecule has 0 radical (unpaired) electrons. The second-order valence-corrected chi connectivity index (χ2v) is 4.69. The number of carbonyl (C=O) groups is 1. The number of rotatable bonds is 2. The molecule has 2 atom stereocenters. The maximum absolute atomic E-state index is 11.6. The molecule has 0 bridgehead atoms. The highest BCUT2D eigenvalue weighted by Gasteiger charge is 2.44. The fourth-order valence-electron chi connectivity index (χ4n) is 2.69. The molecule has 2 fully saturated rings. The first-order valence-corrected chi connectivity index (χ1v) is 5.85. The fourth-order valence-corrected chi connectivity index (χ4v) is 2.69. The third-order valence-electron chi connectivity index (χ3n) is 3.68. The Morgan fingerprint density at radius 3 is 2.81 bits per heavy atom. The molecule has 2 unspecified atom stereocenters. The summed E-state index contributed by atoms with van der Waals surface area (Å²) in [7, 11) is 1.40. The molecule has 1 aliphatic heterocycles. The van der Waals surface area contributed by atoms with Gasteiger partial charge < -0.3 is 15.2 Å². The maximum Gasteiger partial charge on any atom is 0.325 e. The van der Waals surface area contributed by atoms with Crippen LogP contribution in [0.1, 0.15) is 19.3 Å². The van der Waals surface area contributed by atoms with Crippen molar-refractivity contribution in [2.45, 2.75) is 30.8 Å². The number of ether oxygens (including phenoxy) is 2. The number of hydrogen-bond acceptors (Lipinski definition) is 5. The van der Waals surface area contributed by atoms with Gasteiger partial charge in [-0.15, -0.1) is 0 Å². The van der Waals surface area contributed by atoms with Gasteiger partial charge in [0.05, 0.1) is 20.3 Å². The monoisotopic (exact) mass is 228 g/mol. The van der Waals surface area contributed by atoms with E-state index in [0.717, 1.165) is 39.1 Å². The van der Waals surface area contributed by atoms with Crippen LogP contribution in [0.25, 0.3) is 0 Å². The average molecular weight is 228 g/mol. The molecule has 0 spiro atoms. The lowest BCUT2D eigenvalue weighted by molar-refractivity contribution is -0.147. The first kappa shape index (κ1) is 11.8. The summed E-state index contributed by atoms with van der Waals surface area (Å²) in [5.74, 6) is -0.275. The first-order valence-electron chi connectivity index (χ1n) is 5.85. The van der Waals surface area contributed by atoms with Gasteiger partial charge >= 0.3 is 5.97 Å². The normalized spacial score (nSPS) is 36.2. The van der Waals surface area contributed by atoms with Gasteiger partial charge in [0.2, 0.25) is 0 Å². The number of carbonyl (C=O) groups excluding carboxylic acids is 1. The summed E-state index contributed by atoms with van der Waals surface area (Å²) in [6.07, 6.45) is 2.41. The largest absolute Gasteiger partial charge is 0.468 e. The van der Waals surface area contributed by atoms with Crippen molar-refractivity contribution in [1.82, 2.24) is 4.90 Å². The molecule has 16 heavy (non-hydrogen) atoms. The van der Waals surface area contributed by atoms with E-state index < -0.39 is 5.54 Å². The summed E-state index contributed by atoms with van der Waals surface area (Å²) in [5, 5.41) is 0. The Bertz CT molecular complexity index is 266. The van der Waals surface area contributed by atoms with Crippen molar-refractivity contribution in [3.8, 4) is 0 Å². The third kappa shape index (κ3) is 2.21. The zero-order valence-corrected chi connectivity index (χ0v) is 9.78. The van der Waals surface area contributed by atoms with Crippen LogP contribution in [0.15, 0.2) is 0 Å². The van der Waals surface area contributed by atoms with E-state index in [-0.39, 0.29) is 5.97 Å². The first-order chi connectivity index (χ1) is 7.65. The van der Waals surface area contributed by atoms with Crippen LogP contribution in [0.4, 0.5) is 0 Å². The van der Waals surface area contributed by atoms with Crippen LogP contribution in [0.5, 0.6) is 0 Å². The lowest BCUT2D eigenvalue weighted by Crippen LogP contribution is -2.49. The minimum Gasteiger partial charge on any atom is -0.468 e. The molecule has 0 amide bonds. The summed E-state index contributed by atoms with van der Waals surface area (Å²) in [4.78, 5) is 13.9. The van der Waals surface area contributed by atoms with Gasteiger partial charge in [-0.1, -0.05) is 0 Å². The van der Waals surface area contributed by atoms with E-state index in [1.54, 1.807) is 0 Å². The predicted octanol–water partition coefficient (Wildman–Crippen LogP) is -0.258. The molecule has 0 aromatic heterocycles. The van der Waals surface area contributed by atoms with E-state index in [0.29, 0.717) is 12.5 Å². The molecule has 2 aliphatic rings. The summed E-state index contributed by atoms with van der Waals surface area (Å²) in [6.45, 7) is 3.46. The van der Waals surface area contributed by atoms with Crippen LogP contribution in [0, 0.1) is 0 Å². The molecular formula is C11H20N2O3. The molecule has 1 saturated carbocycles. The van der Waals surface area contributed by atoms with Crippen LogP contribution in [0.2, 0.25) is 0 Å². The highest BCUT2D eigenvalue weighted by Crippen LogP contribution is 2.32.